The number of fused-ring (bicyclic) bond motifs is 2. The lowest BCUT2D eigenvalue weighted by molar-refractivity contribution is 0.0784. The quantitative estimate of drug-likeness (QED) is 0.672. The number of piperidine rings is 1. The van der Waals surface area contributed by atoms with Gasteiger partial charge < -0.3 is 5.11 Å². The summed E-state index contributed by atoms with van der Waals surface area (Å²) < 4.78 is 0. The van der Waals surface area contributed by atoms with Gasteiger partial charge in [0.15, 0.2) is 0 Å². The van der Waals surface area contributed by atoms with Crippen LogP contribution in [0.3, 0.4) is 0 Å². The summed E-state index contributed by atoms with van der Waals surface area (Å²) in [7, 11) is 0. The molecular formula is C10H19NO. The van der Waals surface area contributed by atoms with Crippen LogP contribution in [0.5, 0.6) is 0 Å². The maximum atomic E-state index is 9.09. The first-order chi connectivity index (χ1) is 5.85. The molecule has 0 saturated carbocycles. The summed E-state index contributed by atoms with van der Waals surface area (Å²) in [5.74, 6) is 0.602. The SMILES string of the molecule is CCN1[C@@H]2CC[C@H]1C[C@H](CO)C2. The molecule has 2 aliphatic rings. The highest BCUT2D eigenvalue weighted by Gasteiger charge is 2.39. The zero-order chi connectivity index (χ0) is 8.55. The second kappa shape index (κ2) is 3.35. The smallest absolute Gasteiger partial charge is 0.0460 e. The number of nitrogens with zero attached hydrogens (tertiary/aromatic N) is 1. The molecule has 2 nitrogen and oxygen atoms in total. The molecule has 70 valence electrons. The predicted molar refractivity (Wildman–Crippen MR) is 49.0 cm³/mol. The fourth-order valence-electron chi connectivity index (χ4n) is 3.05. The van der Waals surface area contributed by atoms with Crippen molar-refractivity contribution >= 4 is 0 Å². The van der Waals surface area contributed by atoms with E-state index in [1.165, 1.54) is 32.2 Å². The highest BCUT2D eigenvalue weighted by atomic mass is 16.3. The van der Waals surface area contributed by atoms with Gasteiger partial charge in [-0.3, -0.25) is 4.90 Å². The predicted octanol–water partition coefficient (Wildman–Crippen LogP) is 1.24. The van der Waals surface area contributed by atoms with Gasteiger partial charge in [0.05, 0.1) is 0 Å². The van der Waals surface area contributed by atoms with E-state index in [2.05, 4.69) is 11.8 Å². The highest BCUT2D eigenvalue weighted by Crippen LogP contribution is 2.37. The Morgan fingerprint density at radius 3 is 2.25 bits per heavy atom. The molecule has 0 aromatic heterocycles. The highest BCUT2D eigenvalue weighted by molar-refractivity contribution is 4.94. The molecule has 0 aliphatic carbocycles. The van der Waals surface area contributed by atoms with Crippen LogP contribution in [0.15, 0.2) is 0 Å². The molecule has 12 heavy (non-hydrogen) atoms. The molecular weight excluding hydrogens is 150 g/mol. The topological polar surface area (TPSA) is 23.5 Å². The Morgan fingerprint density at radius 1 is 1.25 bits per heavy atom. The maximum Gasteiger partial charge on any atom is 0.0460 e. The van der Waals surface area contributed by atoms with Crippen molar-refractivity contribution in [3.8, 4) is 0 Å². The van der Waals surface area contributed by atoms with Gasteiger partial charge in [0.25, 0.3) is 0 Å². The minimum atomic E-state index is 0.407. The Kier molecular flexibility index (Phi) is 2.37. The largest absolute Gasteiger partial charge is 0.396 e. The molecule has 0 aromatic carbocycles. The van der Waals surface area contributed by atoms with Gasteiger partial charge in [0.2, 0.25) is 0 Å². The average molecular weight is 169 g/mol. The first-order valence-electron chi connectivity index (χ1n) is 5.21. The summed E-state index contributed by atoms with van der Waals surface area (Å²) in [6, 6.07) is 1.59. The lowest BCUT2D eigenvalue weighted by atomic mass is 9.91. The van der Waals surface area contributed by atoms with Gasteiger partial charge in [-0.05, 0) is 38.1 Å². The first-order valence-corrected chi connectivity index (χ1v) is 5.21. The Morgan fingerprint density at radius 2 is 1.83 bits per heavy atom. The third-order valence-corrected chi connectivity index (χ3v) is 3.61. The van der Waals surface area contributed by atoms with Crippen molar-refractivity contribution in [2.24, 2.45) is 5.92 Å². The van der Waals surface area contributed by atoms with Gasteiger partial charge >= 0.3 is 0 Å². The van der Waals surface area contributed by atoms with E-state index >= 15 is 0 Å². The van der Waals surface area contributed by atoms with Crippen LogP contribution in [-0.4, -0.2) is 35.2 Å². The van der Waals surface area contributed by atoms with Gasteiger partial charge in [-0.2, -0.15) is 0 Å². The van der Waals surface area contributed by atoms with Gasteiger partial charge in [0, 0.05) is 18.7 Å². The molecule has 2 saturated heterocycles. The van der Waals surface area contributed by atoms with Crippen molar-refractivity contribution in [1.82, 2.24) is 4.90 Å². The van der Waals surface area contributed by atoms with E-state index in [9.17, 15) is 0 Å². The Balaban J connectivity index is 2.01. The number of aliphatic hydroxyl groups excluding tert-OH is 1. The Labute approximate surface area is 74.6 Å². The second-order valence-corrected chi connectivity index (χ2v) is 4.24. The zero-order valence-corrected chi connectivity index (χ0v) is 7.87. The van der Waals surface area contributed by atoms with Crippen molar-refractivity contribution in [3.05, 3.63) is 0 Å². The van der Waals surface area contributed by atoms with Crippen LogP contribution in [0.4, 0.5) is 0 Å². The fourth-order valence-corrected chi connectivity index (χ4v) is 3.05. The van der Waals surface area contributed by atoms with Crippen LogP contribution in [0.25, 0.3) is 0 Å². The van der Waals surface area contributed by atoms with Crippen LogP contribution < -0.4 is 0 Å². The molecule has 2 rings (SSSR count). The molecule has 0 amide bonds. The average Bonchev–Trinajstić information content (AvgIpc) is 2.35. The molecule has 0 aromatic rings. The number of hydrogen-bond donors (Lipinski definition) is 1. The minimum absolute atomic E-state index is 0.407. The zero-order valence-electron chi connectivity index (χ0n) is 7.87. The van der Waals surface area contributed by atoms with E-state index in [0.717, 1.165) is 12.1 Å². The molecule has 2 aliphatic heterocycles. The molecule has 2 fully saturated rings. The summed E-state index contributed by atoms with van der Waals surface area (Å²) >= 11 is 0. The van der Waals surface area contributed by atoms with E-state index in [1.54, 1.807) is 0 Å². The summed E-state index contributed by atoms with van der Waals surface area (Å²) in [6.45, 7) is 3.86. The monoisotopic (exact) mass is 169 g/mol. The molecule has 0 spiro atoms. The van der Waals surface area contributed by atoms with E-state index in [1.807, 2.05) is 0 Å². The molecule has 3 atom stereocenters. The van der Waals surface area contributed by atoms with Crippen LogP contribution >= 0.6 is 0 Å². The molecule has 2 heterocycles. The van der Waals surface area contributed by atoms with E-state index < -0.39 is 0 Å². The molecule has 0 radical (unpaired) electrons. The Hall–Kier alpha value is -0.0800. The van der Waals surface area contributed by atoms with Gasteiger partial charge in [-0.1, -0.05) is 6.92 Å². The molecule has 2 bridgehead atoms. The van der Waals surface area contributed by atoms with Crippen molar-refractivity contribution in [3.63, 3.8) is 0 Å². The number of rotatable bonds is 2. The maximum absolute atomic E-state index is 9.09. The van der Waals surface area contributed by atoms with Crippen molar-refractivity contribution < 1.29 is 5.11 Å². The normalized spacial score (nSPS) is 42.0. The van der Waals surface area contributed by atoms with Gasteiger partial charge in [0.1, 0.15) is 0 Å². The molecule has 1 N–H and O–H groups in total. The van der Waals surface area contributed by atoms with Crippen LogP contribution in [0, 0.1) is 5.92 Å². The van der Waals surface area contributed by atoms with Gasteiger partial charge in [-0.25, -0.2) is 0 Å². The van der Waals surface area contributed by atoms with Gasteiger partial charge in [-0.15, -0.1) is 0 Å². The Bertz CT molecular complexity index is 146. The van der Waals surface area contributed by atoms with E-state index in [0.29, 0.717) is 12.5 Å². The lowest BCUT2D eigenvalue weighted by Gasteiger charge is -2.37. The van der Waals surface area contributed by atoms with E-state index in [-0.39, 0.29) is 0 Å². The fraction of sp³-hybridized carbons (Fsp3) is 1.00. The summed E-state index contributed by atoms with van der Waals surface area (Å²) in [6.07, 6.45) is 5.21. The summed E-state index contributed by atoms with van der Waals surface area (Å²) in [5.41, 5.74) is 0. The van der Waals surface area contributed by atoms with Crippen LogP contribution in [0.2, 0.25) is 0 Å². The molecule has 0 unspecified atom stereocenters. The standard InChI is InChI=1S/C10H19NO/c1-2-11-9-3-4-10(11)6-8(5-9)7-12/h8-10,12H,2-7H2,1H3/t8-,9-,10+. The minimum Gasteiger partial charge on any atom is -0.396 e. The summed E-state index contributed by atoms with van der Waals surface area (Å²) in [5, 5.41) is 9.09. The van der Waals surface area contributed by atoms with Crippen LogP contribution in [0.1, 0.15) is 32.6 Å². The third-order valence-electron chi connectivity index (χ3n) is 3.61. The van der Waals surface area contributed by atoms with Crippen molar-refractivity contribution in [1.29, 1.82) is 0 Å². The number of aliphatic hydroxyl groups is 1. The third kappa shape index (κ3) is 1.27. The first kappa shape index (κ1) is 8.52. The molecule has 2 heteroatoms. The van der Waals surface area contributed by atoms with Crippen molar-refractivity contribution in [2.45, 2.75) is 44.7 Å². The number of hydrogen-bond acceptors (Lipinski definition) is 2. The van der Waals surface area contributed by atoms with Crippen molar-refractivity contribution in [2.75, 3.05) is 13.2 Å². The van der Waals surface area contributed by atoms with Crippen LogP contribution in [-0.2, 0) is 0 Å². The second-order valence-electron chi connectivity index (χ2n) is 4.24. The van der Waals surface area contributed by atoms with E-state index in [4.69, 9.17) is 5.11 Å². The lowest BCUT2D eigenvalue weighted by Crippen LogP contribution is -2.43. The summed E-state index contributed by atoms with van der Waals surface area (Å²) in [4.78, 5) is 2.63.